The van der Waals surface area contributed by atoms with Crippen molar-refractivity contribution in [1.82, 2.24) is 5.16 Å². The summed E-state index contributed by atoms with van der Waals surface area (Å²) in [7, 11) is 1.43. The van der Waals surface area contributed by atoms with Crippen molar-refractivity contribution >= 4 is 11.5 Å². The quantitative estimate of drug-likeness (QED) is 0.660. The highest BCUT2D eigenvalue weighted by atomic mass is 16.6. The molecule has 1 heterocycles. The molecule has 2 rings (SSSR count). The summed E-state index contributed by atoms with van der Waals surface area (Å²) in [6, 6.07) is 4.24. The Morgan fingerprint density at radius 3 is 2.72 bits per heavy atom. The van der Waals surface area contributed by atoms with E-state index in [4.69, 9.17) is 15.0 Å². The lowest BCUT2D eigenvalue weighted by Gasteiger charge is -2.05. The molecular weight excluding hydrogens is 238 g/mol. The van der Waals surface area contributed by atoms with Crippen molar-refractivity contribution in [3.05, 3.63) is 33.9 Å². The summed E-state index contributed by atoms with van der Waals surface area (Å²) in [5.41, 5.74) is 6.78. The number of hydrogen-bond acceptors (Lipinski definition) is 6. The highest BCUT2D eigenvalue weighted by Gasteiger charge is 2.18. The second-order valence-electron chi connectivity index (χ2n) is 3.66. The Morgan fingerprint density at radius 1 is 1.50 bits per heavy atom. The SMILES string of the molecule is COc1cc([N+](=O)[O-])ccc1-c1onc(N)c1C. The molecule has 0 saturated carbocycles. The van der Waals surface area contributed by atoms with E-state index in [9.17, 15) is 10.1 Å². The molecule has 0 aliphatic rings. The lowest BCUT2D eigenvalue weighted by molar-refractivity contribution is -0.384. The predicted octanol–water partition coefficient (Wildman–Crippen LogP) is 2.15. The number of hydrogen-bond donors (Lipinski definition) is 1. The van der Waals surface area contributed by atoms with Gasteiger partial charge in [-0.05, 0) is 13.0 Å². The summed E-state index contributed by atoms with van der Waals surface area (Å²) >= 11 is 0. The van der Waals surface area contributed by atoms with Crippen LogP contribution in [0, 0.1) is 17.0 Å². The van der Waals surface area contributed by atoms with E-state index >= 15 is 0 Å². The Labute approximate surface area is 102 Å². The standard InChI is InChI=1S/C11H11N3O4/c1-6-10(18-13-11(6)12)8-4-3-7(14(15)16)5-9(8)17-2/h3-5H,1-2H3,(H2,12,13). The number of nitrogens with two attached hydrogens (primary N) is 1. The molecule has 0 amide bonds. The van der Waals surface area contributed by atoms with E-state index in [1.807, 2.05) is 0 Å². The number of rotatable bonds is 3. The Kier molecular flexibility index (Phi) is 2.88. The van der Waals surface area contributed by atoms with Gasteiger partial charge in [-0.3, -0.25) is 10.1 Å². The van der Waals surface area contributed by atoms with E-state index in [0.717, 1.165) is 0 Å². The van der Waals surface area contributed by atoms with Crippen LogP contribution in [-0.2, 0) is 0 Å². The van der Waals surface area contributed by atoms with Crippen molar-refractivity contribution in [3.8, 4) is 17.1 Å². The van der Waals surface area contributed by atoms with Crippen LogP contribution in [0.5, 0.6) is 5.75 Å². The maximum Gasteiger partial charge on any atom is 0.273 e. The number of methoxy groups -OCH3 is 1. The van der Waals surface area contributed by atoms with Gasteiger partial charge in [-0.1, -0.05) is 5.16 Å². The first kappa shape index (κ1) is 11.9. The van der Waals surface area contributed by atoms with Crippen molar-refractivity contribution in [2.45, 2.75) is 6.92 Å². The molecule has 0 radical (unpaired) electrons. The molecule has 0 unspecified atom stereocenters. The second-order valence-corrected chi connectivity index (χ2v) is 3.66. The van der Waals surface area contributed by atoms with Crippen LogP contribution >= 0.6 is 0 Å². The topological polar surface area (TPSA) is 104 Å². The Hall–Kier alpha value is -2.57. The smallest absolute Gasteiger partial charge is 0.273 e. The molecule has 0 aliphatic heterocycles. The fourth-order valence-corrected chi connectivity index (χ4v) is 1.58. The minimum absolute atomic E-state index is 0.0549. The highest BCUT2D eigenvalue weighted by Crippen LogP contribution is 2.36. The van der Waals surface area contributed by atoms with Crippen LogP contribution in [0.2, 0.25) is 0 Å². The molecule has 0 spiro atoms. The first-order chi connectivity index (χ1) is 8.54. The Bertz CT molecular complexity index is 606. The zero-order chi connectivity index (χ0) is 13.3. The minimum atomic E-state index is -0.492. The van der Waals surface area contributed by atoms with Gasteiger partial charge in [-0.25, -0.2) is 0 Å². The molecule has 0 bridgehead atoms. The van der Waals surface area contributed by atoms with Crippen LogP contribution < -0.4 is 10.5 Å². The fourth-order valence-electron chi connectivity index (χ4n) is 1.58. The maximum atomic E-state index is 10.7. The molecule has 2 aromatic rings. The zero-order valence-corrected chi connectivity index (χ0v) is 9.84. The molecule has 0 fully saturated rings. The molecule has 1 aromatic heterocycles. The Morgan fingerprint density at radius 2 is 2.22 bits per heavy atom. The van der Waals surface area contributed by atoms with Gasteiger partial charge in [-0.15, -0.1) is 0 Å². The van der Waals surface area contributed by atoms with Crippen molar-refractivity contribution in [3.63, 3.8) is 0 Å². The molecular formula is C11H11N3O4. The summed E-state index contributed by atoms with van der Waals surface area (Å²) in [6.07, 6.45) is 0. The average molecular weight is 249 g/mol. The van der Waals surface area contributed by atoms with E-state index in [1.54, 1.807) is 13.0 Å². The van der Waals surface area contributed by atoms with Crippen molar-refractivity contribution < 1.29 is 14.2 Å². The molecule has 7 nitrogen and oxygen atoms in total. The summed E-state index contributed by atoms with van der Waals surface area (Å²) in [5.74, 6) is 1.06. The van der Waals surface area contributed by atoms with Crippen LogP contribution in [0.1, 0.15) is 5.56 Å². The van der Waals surface area contributed by atoms with E-state index in [2.05, 4.69) is 5.16 Å². The molecule has 0 saturated heterocycles. The Balaban J connectivity index is 2.58. The molecule has 0 atom stereocenters. The van der Waals surface area contributed by atoms with Gasteiger partial charge in [0.2, 0.25) is 0 Å². The number of nitrogen functional groups attached to an aromatic ring is 1. The fraction of sp³-hybridized carbons (Fsp3) is 0.182. The highest BCUT2D eigenvalue weighted by molar-refractivity contribution is 5.72. The third-order valence-electron chi connectivity index (χ3n) is 2.60. The van der Waals surface area contributed by atoms with Crippen LogP contribution in [0.15, 0.2) is 22.7 Å². The number of nitrogens with zero attached hydrogens (tertiary/aromatic N) is 2. The maximum absolute atomic E-state index is 10.7. The van der Waals surface area contributed by atoms with Gasteiger partial charge in [0, 0.05) is 11.6 Å². The summed E-state index contributed by atoms with van der Waals surface area (Å²) < 4.78 is 10.2. The largest absolute Gasteiger partial charge is 0.496 e. The first-order valence-corrected chi connectivity index (χ1v) is 5.09. The number of aromatic nitrogens is 1. The molecule has 2 N–H and O–H groups in total. The van der Waals surface area contributed by atoms with Crippen molar-refractivity contribution in [2.24, 2.45) is 0 Å². The molecule has 7 heteroatoms. The normalized spacial score (nSPS) is 10.3. The minimum Gasteiger partial charge on any atom is -0.496 e. The number of benzene rings is 1. The summed E-state index contributed by atoms with van der Waals surface area (Å²) in [4.78, 5) is 10.2. The summed E-state index contributed by atoms with van der Waals surface area (Å²) in [5, 5.41) is 14.3. The number of ether oxygens (including phenoxy) is 1. The van der Waals surface area contributed by atoms with Gasteiger partial charge >= 0.3 is 0 Å². The van der Waals surface area contributed by atoms with E-state index in [-0.39, 0.29) is 11.5 Å². The first-order valence-electron chi connectivity index (χ1n) is 5.09. The van der Waals surface area contributed by atoms with Gasteiger partial charge in [0.1, 0.15) is 5.75 Å². The van der Waals surface area contributed by atoms with Crippen LogP contribution in [0.25, 0.3) is 11.3 Å². The molecule has 18 heavy (non-hydrogen) atoms. The van der Waals surface area contributed by atoms with Crippen molar-refractivity contribution in [2.75, 3.05) is 12.8 Å². The van der Waals surface area contributed by atoms with Crippen molar-refractivity contribution in [1.29, 1.82) is 0 Å². The number of non-ortho nitro benzene ring substituents is 1. The van der Waals surface area contributed by atoms with Crippen LogP contribution in [-0.4, -0.2) is 17.2 Å². The number of nitro groups is 1. The van der Waals surface area contributed by atoms with Gasteiger partial charge in [0.05, 0.1) is 23.7 Å². The monoisotopic (exact) mass is 249 g/mol. The van der Waals surface area contributed by atoms with E-state index in [1.165, 1.54) is 19.2 Å². The summed E-state index contributed by atoms with van der Waals surface area (Å²) in [6.45, 7) is 1.75. The molecule has 0 aliphatic carbocycles. The van der Waals surface area contributed by atoms with Gasteiger partial charge < -0.3 is 15.0 Å². The lowest BCUT2D eigenvalue weighted by Crippen LogP contribution is -1.93. The van der Waals surface area contributed by atoms with Gasteiger partial charge in [0.15, 0.2) is 11.6 Å². The van der Waals surface area contributed by atoms with Crippen LogP contribution in [0.3, 0.4) is 0 Å². The second kappa shape index (κ2) is 4.36. The average Bonchev–Trinajstić information content (AvgIpc) is 2.69. The van der Waals surface area contributed by atoms with E-state index in [0.29, 0.717) is 22.6 Å². The predicted molar refractivity (Wildman–Crippen MR) is 64.3 cm³/mol. The van der Waals surface area contributed by atoms with Gasteiger partial charge in [-0.2, -0.15) is 0 Å². The van der Waals surface area contributed by atoms with Gasteiger partial charge in [0.25, 0.3) is 5.69 Å². The third-order valence-corrected chi connectivity index (χ3v) is 2.60. The third kappa shape index (κ3) is 1.86. The van der Waals surface area contributed by atoms with E-state index < -0.39 is 4.92 Å². The zero-order valence-electron chi connectivity index (χ0n) is 9.84. The lowest BCUT2D eigenvalue weighted by atomic mass is 10.1. The molecule has 94 valence electrons. The number of anilines is 1. The number of nitro benzene ring substituents is 1. The van der Waals surface area contributed by atoms with Crippen LogP contribution in [0.4, 0.5) is 11.5 Å². The molecule has 1 aromatic carbocycles.